The lowest BCUT2D eigenvalue weighted by Crippen LogP contribution is -2.22. The first kappa shape index (κ1) is 11.2. The Morgan fingerprint density at radius 2 is 2.38 bits per heavy atom. The van der Waals surface area contributed by atoms with Gasteiger partial charge in [0.05, 0.1) is 11.7 Å². The van der Waals surface area contributed by atoms with E-state index in [1.54, 1.807) is 6.07 Å². The molecule has 0 aliphatic rings. The van der Waals surface area contributed by atoms with E-state index in [0.29, 0.717) is 0 Å². The molecule has 3 nitrogen and oxygen atoms in total. The molecule has 0 spiro atoms. The third-order valence-corrected chi connectivity index (χ3v) is 2.79. The third kappa shape index (κ3) is 2.43. The van der Waals surface area contributed by atoms with Crippen molar-refractivity contribution in [2.75, 3.05) is 6.54 Å². The molecule has 0 aliphatic heterocycles. The maximum atomic E-state index is 13.1. The van der Waals surface area contributed by atoms with E-state index in [1.165, 1.54) is 23.7 Å². The molecule has 0 amide bonds. The van der Waals surface area contributed by atoms with E-state index in [4.69, 9.17) is 0 Å². The maximum absolute atomic E-state index is 13.1. The summed E-state index contributed by atoms with van der Waals surface area (Å²) in [6.45, 7) is 2.80. The van der Waals surface area contributed by atoms with Gasteiger partial charge in [-0.2, -0.15) is 0 Å². The summed E-state index contributed by atoms with van der Waals surface area (Å²) in [4.78, 5) is 0. The van der Waals surface area contributed by atoms with E-state index in [1.807, 2.05) is 18.4 Å². The Labute approximate surface area is 97.5 Å². The van der Waals surface area contributed by atoms with Gasteiger partial charge in [-0.15, -0.1) is 5.10 Å². The number of nitrogens with zero attached hydrogens (tertiary/aromatic N) is 2. The molecule has 1 aromatic heterocycles. The zero-order valence-electron chi connectivity index (χ0n) is 8.85. The zero-order valence-corrected chi connectivity index (χ0v) is 9.67. The SMILES string of the molecule is CCNC(c1cccc(F)c1)c1csnn1. The van der Waals surface area contributed by atoms with Crippen LogP contribution in [-0.2, 0) is 0 Å². The van der Waals surface area contributed by atoms with Crippen LogP contribution in [0.4, 0.5) is 4.39 Å². The van der Waals surface area contributed by atoms with Crippen LogP contribution in [0, 0.1) is 5.82 Å². The lowest BCUT2D eigenvalue weighted by Gasteiger charge is -2.15. The number of rotatable bonds is 4. The Morgan fingerprint density at radius 3 is 3.00 bits per heavy atom. The Bertz CT molecular complexity index is 444. The first-order chi connectivity index (χ1) is 7.81. The average molecular weight is 237 g/mol. The summed E-state index contributed by atoms with van der Waals surface area (Å²) in [5.74, 6) is -0.233. The zero-order chi connectivity index (χ0) is 11.4. The predicted octanol–water partition coefficient (Wildman–Crippen LogP) is 2.38. The molecule has 1 N–H and O–H groups in total. The van der Waals surface area contributed by atoms with Crippen LogP contribution >= 0.6 is 11.5 Å². The van der Waals surface area contributed by atoms with E-state index in [0.717, 1.165) is 17.8 Å². The highest BCUT2D eigenvalue weighted by molar-refractivity contribution is 7.03. The van der Waals surface area contributed by atoms with Crippen molar-refractivity contribution in [3.8, 4) is 0 Å². The standard InChI is InChI=1S/C11H12FN3S/c1-2-13-11(10-7-16-15-14-10)8-4-3-5-9(12)6-8/h3-7,11,13H,2H2,1H3. The summed E-state index contributed by atoms with van der Waals surface area (Å²) in [5, 5.41) is 9.16. The fourth-order valence-corrected chi connectivity index (χ4v) is 2.06. The molecule has 0 aliphatic carbocycles. The van der Waals surface area contributed by atoms with Crippen molar-refractivity contribution < 1.29 is 4.39 Å². The van der Waals surface area contributed by atoms with Crippen LogP contribution in [0.5, 0.6) is 0 Å². The topological polar surface area (TPSA) is 37.8 Å². The lowest BCUT2D eigenvalue weighted by atomic mass is 10.0. The van der Waals surface area contributed by atoms with Gasteiger partial charge in [-0.05, 0) is 35.8 Å². The minimum atomic E-state index is -0.233. The van der Waals surface area contributed by atoms with Gasteiger partial charge in [0.2, 0.25) is 0 Å². The quantitative estimate of drug-likeness (QED) is 0.887. The van der Waals surface area contributed by atoms with Gasteiger partial charge in [0, 0.05) is 5.38 Å². The highest BCUT2D eigenvalue weighted by Crippen LogP contribution is 2.21. The van der Waals surface area contributed by atoms with Crippen LogP contribution in [0.25, 0.3) is 0 Å². The van der Waals surface area contributed by atoms with Crippen molar-refractivity contribution >= 4 is 11.5 Å². The van der Waals surface area contributed by atoms with Crippen LogP contribution < -0.4 is 5.32 Å². The Hall–Kier alpha value is -1.33. The van der Waals surface area contributed by atoms with Crippen LogP contribution in [0.3, 0.4) is 0 Å². The highest BCUT2D eigenvalue weighted by Gasteiger charge is 2.15. The lowest BCUT2D eigenvalue weighted by molar-refractivity contribution is 0.594. The molecule has 1 unspecified atom stereocenters. The smallest absolute Gasteiger partial charge is 0.123 e. The van der Waals surface area contributed by atoms with Gasteiger partial charge in [-0.25, -0.2) is 4.39 Å². The molecule has 1 heterocycles. The predicted molar refractivity (Wildman–Crippen MR) is 61.8 cm³/mol. The summed E-state index contributed by atoms with van der Waals surface area (Å²) in [7, 11) is 0. The van der Waals surface area contributed by atoms with E-state index < -0.39 is 0 Å². The molecular weight excluding hydrogens is 225 g/mol. The van der Waals surface area contributed by atoms with Gasteiger partial charge >= 0.3 is 0 Å². The van der Waals surface area contributed by atoms with Crippen molar-refractivity contribution in [2.24, 2.45) is 0 Å². The second-order valence-electron chi connectivity index (χ2n) is 3.38. The second kappa shape index (κ2) is 5.14. The summed E-state index contributed by atoms with van der Waals surface area (Å²) in [6, 6.07) is 6.46. The monoisotopic (exact) mass is 237 g/mol. The third-order valence-electron chi connectivity index (χ3n) is 2.26. The van der Waals surface area contributed by atoms with Crippen LogP contribution in [0.2, 0.25) is 0 Å². The van der Waals surface area contributed by atoms with Crippen LogP contribution in [0.15, 0.2) is 29.6 Å². The Morgan fingerprint density at radius 1 is 1.50 bits per heavy atom. The van der Waals surface area contributed by atoms with Gasteiger partial charge in [-0.1, -0.05) is 23.5 Å². The first-order valence-electron chi connectivity index (χ1n) is 5.07. The van der Waals surface area contributed by atoms with E-state index >= 15 is 0 Å². The van der Waals surface area contributed by atoms with Crippen LogP contribution in [0.1, 0.15) is 24.2 Å². The minimum Gasteiger partial charge on any atom is -0.305 e. The number of halogens is 1. The summed E-state index contributed by atoms with van der Waals surface area (Å²) in [6.07, 6.45) is 0. The van der Waals surface area contributed by atoms with E-state index in [9.17, 15) is 4.39 Å². The molecule has 0 radical (unpaired) electrons. The van der Waals surface area contributed by atoms with Gasteiger partial charge in [0.15, 0.2) is 0 Å². The van der Waals surface area contributed by atoms with Crippen molar-refractivity contribution in [3.05, 3.63) is 46.7 Å². The number of nitrogens with one attached hydrogen (secondary N) is 1. The molecule has 16 heavy (non-hydrogen) atoms. The highest BCUT2D eigenvalue weighted by atomic mass is 32.1. The van der Waals surface area contributed by atoms with Crippen molar-refractivity contribution in [2.45, 2.75) is 13.0 Å². The molecule has 84 valence electrons. The molecule has 0 fully saturated rings. The number of aromatic nitrogens is 2. The van der Waals surface area contributed by atoms with Gasteiger partial charge < -0.3 is 5.32 Å². The largest absolute Gasteiger partial charge is 0.305 e. The number of benzene rings is 1. The van der Waals surface area contributed by atoms with Crippen molar-refractivity contribution in [1.82, 2.24) is 14.9 Å². The maximum Gasteiger partial charge on any atom is 0.123 e. The van der Waals surface area contributed by atoms with Gasteiger partial charge in [-0.3, -0.25) is 0 Å². The first-order valence-corrected chi connectivity index (χ1v) is 5.90. The molecule has 0 bridgehead atoms. The normalized spacial score (nSPS) is 12.6. The van der Waals surface area contributed by atoms with Crippen LogP contribution in [-0.4, -0.2) is 16.1 Å². The van der Waals surface area contributed by atoms with Crippen molar-refractivity contribution in [1.29, 1.82) is 0 Å². The molecule has 2 aromatic rings. The fraction of sp³-hybridized carbons (Fsp3) is 0.273. The summed E-state index contributed by atoms with van der Waals surface area (Å²) < 4.78 is 17.0. The number of hydrogen-bond acceptors (Lipinski definition) is 4. The Kier molecular flexibility index (Phi) is 3.58. The molecule has 1 atom stereocenters. The van der Waals surface area contributed by atoms with Crippen molar-refractivity contribution in [3.63, 3.8) is 0 Å². The minimum absolute atomic E-state index is 0.0838. The van der Waals surface area contributed by atoms with Gasteiger partial charge in [0.1, 0.15) is 5.82 Å². The summed E-state index contributed by atoms with van der Waals surface area (Å²) >= 11 is 1.30. The Balaban J connectivity index is 2.33. The summed E-state index contributed by atoms with van der Waals surface area (Å²) in [5.41, 5.74) is 1.70. The molecule has 0 saturated carbocycles. The molecule has 0 saturated heterocycles. The van der Waals surface area contributed by atoms with Gasteiger partial charge in [0.25, 0.3) is 0 Å². The molecule has 1 aromatic carbocycles. The molecule has 5 heteroatoms. The van der Waals surface area contributed by atoms with E-state index in [2.05, 4.69) is 14.9 Å². The second-order valence-corrected chi connectivity index (χ2v) is 3.99. The molecular formula is C11H12FN3S. The number of hydrogen-bond donors (Lipinski definition) is 1. The molecule has 2 rings (SSSR count). The fourth-order valence-electron chi connectivity index (χ4n) is 1.58. The average Bonchev–Trinajstić information content (AvgIpc) is 2.79. The van der Waals surface area contributed by atoms with E-state index in [-0.39, 0.29) is 11.9 Å².